The van der Waals surface area contributed by atoms with Crippen molar-refractivity contribution in [1.82, 2.24) is 14.8 Å². The van der Waals surface area contributed by atoms with Gasteiger partial charge in [-0.1, -0.05) is 35.9 Å². The zero-order chi connectivity index (χ0) is 20.8. The first-order valence-electron chi connectivity index (χ1n) is 9.33. The van der Waals surface area contributed by atoms with Gasteiger partial charge < -0.3 is 9.84 Å². The molecule has 30 heavy (non-hydrogen) atoms. The van der Waals surface area contributed by atoms with Crippen LogP contribution >= 0.6 is 11.6 Å². The van der Waals surface area contributed by atoms with Gasteiger partial charge in [-0.25, -0.2) is 4.79 Å². The topological polar surface area (TPSA) is 77.2 Å². The SMILES string of the molecule is Cn1nc2c(Oc3ccccc3Cl)cccc2c1C1=Cc2nccc(C(=O)O)c2C1. The van der Waals surface area contributed by atoms with Crippen LogP contribution < -0.4 is 4.74 Å². The number of benzene rings is 2. The van der Waals surface area contributed by atoms with Crippen LogP contribution in [0.25, 0.3) is 22.6 Å². The number of carboxylic acid groups (broad SMARTS) is 1. The molecule has 0 amide bonds. The molecule has 7 heteroatoms. The van der Waals surface area contributed by atoms with E-state index in [9.17, 15) is 9.90 Å². The molecule has 0 fully saturated rings. The van der Waals surface area contributed by atoms with Gasteiger partial charge in [0.25, 0.3) is 0 Å². The lowest BCUT2D eigenvalue weighted by molar-refractivity contribution is 0.0695. The summed E-state index contributed by atoms with van der Waals surface area (Å²) in [5.41, 5.74) is 4.26. The third kappa shape index (κ3) is 2.93. The van der Waals surface area contributed by atoms with Crippen molar-refractivity contribution in [2.24, 2.45) is 7.05 Å². The number of pyridine rings is 1. The van der Waals surface area contributed by atoms with E-state index in [1.54, 1.807) is 16.8 Å². The van der Waals surface area contributed by atoms with E-state index in [0.29, 0.717) is 34.2 Å². The highest BCUT2D eigenvalue weighted by atomic mass is 35.5. The minimum atomic E-state index is -0.950. The van der Waals surface area contributed by atoms with Crippen molar-refractivity contribution in [3.8, 4) is 11.5 Å². The number of nitrogens with zero attached hydrogens (tertiary/aromatic N) is 3. The minimum absolute atomic E-state index is 0.278. The molecule has 2 aromatic carbocycles. The van der Waals surface area contributed by atoms with Crippen molar-refractivity contribution < 1.29 is 14.6 Å². The fourth-order valence-electron chi connectivity index (χ4n) is 3.88. The quantitative estimate of drug-likeness (QED) is 0.493. The second kappa shape index (κ2) is 7.00. The first kappa shape index (κ1) is 18.4. The zero-order valence-corrected chi connectivity index (χ0v) is 16.7. The van der Waals surface area contributed by atoms with Crippen molar-refractivity contribution in [2.75, 3.05) is 0 Å². The first-order chi connectivity index (χ1) is 14.5. The monoisotopic (exact) mass is 417 g/mol. The molecule has 5 rings (SSSR count). The normalized spacial score (nSPS) is 12.7. The number of aryl methyl sites for hydroxylation is 1. The highest BCUT2D eigenvalue weighted by Crippen LogP contribution is 2.39. The average Bonchev–Trinajstić information content (AvgIpc) is 3.29. The second-order valence-corrected chi connectivity index (χ2v) is 7.44. The Hall–Kier alpha value is -3.64. The van der Waals surface area contributed by atoms with Gasteiger partial charge in [0.1, 0.15) is 11.3 Å². The van der Waals surface area contributed by atoms with Crippen LogP contribution in [0, 0.1) is 0 Å². The Kier molecular flexibility index (Phi) is 4.29. The van der Waals surface area contributed by atoms with E-state index in [4.69, 9.17) is 16.3 Å². The van der Waals surface area contributed by atoms with E-state index in [-0.39, 0.29) is 5.56 Å². The molecule has 0 atom stereocenters. The summed E-state index contributed by atoms with van der Waals surface area (Å²) in [5, 5.41) is 15.6. The number of carbonyl (C=O) groups is 1. The molecule has 1 aliphatic rings. The van der Waals surface area contributed by atoms with Crippen LogP contribution in [0.4, 0.5) is 0 Å². The Balaban J connectivity index is 1.59. The number of hydrogen-bond donors (Lipinski definition) is 1. The summed E-state index contributed by atoms with van der Waals surface area (Å²) >= 11 is 6.24. The standard InChI is InChI=1S/C23H16ClN3O3/c1-27-22(13-11-16-14(23(28)29)9-10-25-18(16)12-13)15-5-4-8-20(21(15)26-27)30-19-7-3-2-6-17(19)24/h2-10,12H,11H2,1H3,(H,28,29). The Morgan fingerprint density at radius 1 is 1.13 bits per heavy atom. The largest absolute Gasteiger partial charge is 0.478 e. The molecular weight excluding hydrogens is 402 g/mol. The molecule has 148 valence electrons. The maximum Gasteiger partial charge on any atom is 0.336 e. The average molecular weight is 418 g/mol. The summed E-state index contributed by atoms with van der Waals surface area (Å²) in [4.78, 5) is 15.9. The lowest BCUT2D eigenvalue weighted by Gasteiger charge is -2.08. The van der Waals surface area contributed by atoms with Crippen molar-refractivity contribution in [3.63, 3.8) is 0 Å². The van der Waals surface area contributed by atoms with Gasteiger partial charge in [-0.3, -0.25) is 9.67 Å². The maximum absolute atomic E-state index is 11.6. The fraction of sp³-hybridized carbons (Fsp3) is 0.0870. The van der Waals surface area contributed by atoms with Gasteiger partial charge in [0.05, 0.1) is 22.0 Å². The van der Waals surface area contributed by atoms with E-state index in [1.165, 1.54) is 12.3 Å². The highest BCUT2D eigenvalue weighted by Gasteiger charge is 2.25. The summed E-state index contributed by atoms with van der Waals surface area (Å²) in [7, 11) is 1.87. The molecule has 6 nitrogen and oxygen atoms in total. The molecule has 0 aliphatic heterocycles. The number of carboxylic acids is 1. The number of allylic oxidation sites excluding steroid dienone is 1. The number of halogens is 1. The van der Waals surface area contributed by atoms with E-state index >= 15 is 0 Å². The third-order valence-electron chi connectivity index (χ3n) is 5.19. The molecule has 0 saturated carbocycles. The van der Waals surface area contributed by atoms with E-state index in [0.717, 1.165) is 22.2 Å². The number of aromatic nitrogens is 3. The van der Waals surface area contributed by atoms with E-state index in [2.05, 4.69) is 10.1 Å². The number of fused-ring (bicyclic) bond motifs is 2. The van der Waals surface area contributed by atoms with Crippen LogP contribution in [0.2, 0.25) is 5.02 Å². The predicted molar refractivity (Wildman–Crippen MR) is 115 cm³/mol. The molecule has 0 radical (unpaired) electrons. The molecular formula is C23H16ClN3O3. The number of hydrogen-bond acceptors (Lipinski definition) is 4. The smallest absolute Gasteiger partial charge is 0.336 e. The van der Waals surface area contributed by atoms with Crippen molar-refractivity contribution in [1.29, 1.82) is 0 Å². The highest BCUT2D eigenvalue weighted by molar-refractivity contribution is 6.32. The van der Waals surface area contributed by atoms with Gasteiger partial charge in [0, 0.05) is 25.1 Å². The van der Waals surface area contributed by atoms with E-state index < -0.39 is 5.97 Å². The van der Waals surface area contributed by atoms with Crippen molar-refractivity contribution >= 4 is 40.1 Å². The van der Waals surface area contributed by atoms with Crippen LogP contribution in [-0.2, 0) is 13.5 Å². The summed E-state index contributed by atoms with van der Waals surface area (Å²) in [6.07, 6.45) is 3.94. The molecule has 0 unspecified atom stereocenters. The molecule has 1 aliphatic carbocycles. The van der Waals surface area contributed by atoms with Crippen LogP contribution in [0.1, 0.15) is 27.3 Å². The summed E-state index contributed by atoms with van der Waals surface area (Å²) in [6.45, 7) is 0. The van der Waals surface area contributed by atoms with Crippen LogP contribution in [0.15, 0.2) is 54.7 Å². The van der Waals surface area contributed by atoms with Crippen LogP contribution in [0.5, 0.6) is 11.5 Å². The molecule has 1 N–H and O–H groups in total. The first-order valence-corrected chi connectivity index (χ1v) is 9.71. The number of rotatable bonds is 4. The molecule has 4 aromatic rings. The lowest BCUT2D eigenvalue weighted by Crippen LogP contribution is -2.04. The van der Waals surface area contributed by atoms with Crippen LogP contribution in [-0.4, -0.2) is 25.8 Å². The third-order valence-corrected chi connectivity index (χ3v) is 5.50. The summed E-state index contributed by atoms with van der Waals surface area (Å²) in [6, 6.07) is 14.6. The molecule has 0 spiro atoms. The zero-order valence-electron chi connectivity index (χ0n) is 16.0. The van der Waals surface area contributed by atoms with Crippen molar-refractivity contribution in [3.05, 3.63) is 82.3 Å². The Morgan fingerprint density at radius 3 is 2.73 bits per heavy atom. The molecule has 2 aromatic heterocycles. The van der Waals surface area contributed by atoms with Gasteiger partial charge in [0.2, 0.25) is 0 Å². The number of ether oxygens (including phenoxy) is 1. The predicted octanol–water partition coefficient (Wildman–Crippen LogP) is 5.21. The van der Waals surface area contributed by atoms with Crippen LogP contribution in [0.3, 0.4) is 0 Å². The Morgan fingerprint density at radius 2 is 1.93 bits per heavy atom. The van der Waals surface area contributed by atoms with E-state index in [1.807, 2.05) is 43.5 Å². The Labute approximate surface area is 177 Å². The Bertz CT molecular complexity index is 1360. The fourth-order valence-corrected chi connectivity index (χ4v) is 4.05. The summed E-state index contributed by atoms with van der Waals surface area (Å²) < 4.78 is 7.84. The van der Waals surface area contributed by atoms with Crippen molar-refractivity contribution in [2.45, 2.75) is 6.42 Å². The van der Waals surface area contributed by atoms with Gasteiger partial charge >= 0.3 is 5.97 Å². The van der Waals surface area contributed by atoms with Gasteiger partial charge in [-0.2, -0.15) is 5.10 Å². The molecule has 2 heterocycles. The molecule has 0 bridgehead atoms. The van der Waals surface area contributed by atoms with Gasteiger partial charge in [-0.15, -0.1) is 0 Å². The van der Waals surface area contributed by atoms with Gasteiger partial charge in [-0.05, 0) is 41.5 Å². The number of para-hydroxylation sites is 1. The molecule has 0 saturated heterocycles. The lowest BCUT2D eigenvalue weighted by atomic mass is 10.0. The van der Waals surface area contributed by atoms with Gasteiger partial charge in [0.15, 0.2) is 5.75 Å². The number of aromatic carboxylic acids is 1. The minimum Gasteiger partial charge on any atom is -0.478 e. The maximum atomic E-state index is 11.6. The second-order valence-electron chi connectivity index (χ2n) is 7.03. The summed E-state index contributed by atoms with van der Waals surface area (Å²) in [5.74, 6) is 0.207.